The molecule has 5 nitrogen and oxygen atoms in total. The first-order valence-electron chi connectivity index (χ1n) is 5.18. The average Bonchev–Trinajstić information content (AvgIpc) is 2.16. The Bertz CT molecular complexity index is 373. The van der Waals surface area contributed by atoms with Gasteiger partial charge in [0, 0.05) is 0 Å². The first kappa shape index (κ1) is 19.5. The van der Waals surface area contributed by atoms with E-state index in [4.69, 9.17) is 10.2 Å². The van der Waals surface area contributed by atoms with Crippen LogP contribution < -0.4 is 5.11 Å². The van der Waals surface area contributed by atoms with Gasteiger partial charge in [0.15, 0.2) is 0 Å². The Labute approximate surface area is 126 Å². The summed E-state index contributed by atoms with van der Waals surface area (Å²) in [5, 5.41) is 27.4. The molecule has 18 heavy (non-hydrogen) atoms. The first-order valence-corrected chi connectivity index (χ1v) is 5.18. The number of para-hydroxylation sites is 1. The maximum atomic E-state index is 10.7. The molecular weight excluding hydrogens is 246 g/mol. The molecule has 0 saturated carbocycles. The molecule has 1 aromatic rings. The molecule has 0 aliphatic rings. The van der Waals surface area contributed by atoms with E-state index in [1.165, 1.54) is 24.3 Å². The number of aromatic carboxylic acids is 1. The van der Waals surface area contributed by atoms with Crippen molar-refractivity contribution in [3.63, 3.8) is 0 Å². The summed E-state index contributed by atoms with van der Waals surface area (Å²) >= 11 is 0. The fourth-order valence-electron chi connectivity index (χ4n) is 0.943. The molecule has 2 N–H and O–H groups in total. The van der Waals surface area contributed by atoms with Gasteiger partial charge >= 0.3 is 29.0 Å². The van der Waals surface area contributed by atoms with E-state index >= 15 is 0 Å². The molecule has 0 atom stereocenters. The van der Waals surface area contributed by atoms with Crippen LogP contribution in [0, 0.1) is 0 Å². The number of rotatable bonds is 3. The van der Waals surface area contributed by atoms with Crippen LogP contribution in [-0.4, -0.2) is 78.0 Å². The van der Waals surface area contributed by atoms with E-state index in [2.05, 4.69) is 21.1 Å². The van der Waals surface area contributed by atoms with Crippen LogP contribution in [0.5, 0.6) is 5.75 Å². The number of quaternary nitrogens is 1. The number of likely N-dealkylation sites (N-methyl/N-ethyl adjacent to an activating group) is 1. The molecule has 0 bridgehead atoms. The Morgan fingerprint density at radius 3 is 2.06 bits per heavy atom. The Hall–Kier alpha value is -0.824. The van der Waals surface area contributed by atoms with Crippen molar-refractivity contribution in [3.8, 4) is 5.75 Å². The second-order valence-corrected chi connectivity index (χ2v) is 4.54. The van der Waals surface area contributed by atoms with Crippen molar-refractivity contribution >= 4 is 29.0 Å². The summed E-state index contributed by atoms with van der Waals surface area (Å²) in [5.74, 6) is -1.62. The molecule has 6 heteroatoms. The van der Waals surface area contributed by atoms with Crippen molar-refractivity contribution in [2.24, 2.45) is 0 Å². The smallest absolute Gasteiger partial charge is 1.00 e. The summed E-state index contributed by atoms with van der Waals surface area (Å²) in [5.41, 5.74) is -0.178. The summed E-state index contributed by atoms with van der Waals surface area (Å²) in [7, 11) is 6.16. The first-order chi connectivity index (χ1) is 7.78. The standard InChI is InChI=1S/C7H6O3.C5H14NO.Mg.2H/c8-6-4-2-1-3-5(6)7(9)10;1-6(2,3)4-5-7;;;/h1-4,8H,(H,9,10);7H,4-5H2,1-3H3;;;/q;+1;+2;2*-1/p-1. The van der Waals surface area contributed by atoms with Gasteiger partial charge < -0.3 is 22.7 Å². The molecule has 1 aromatic carbocycles. The number of carbonyl (C=O) groups is 1. The SMILES string of the molecule is C[N+](C)(C)CCO.O=C(O)c1ccccc1[O-].[H-].[H-].[Mg+2]. The molecule has 0 aliphatic carbocycles. The van der Waals surface area contributed by atoms with Gasteiger partial charge in [0.1, 0.15) is 6.54 Å². The summed E-state index contributed by atoms with van der Waals surface area (Å²) in [6.45, 7) is 1.11. The maximum absolute atomic E-state index is 10.7. The zero-order valence-corrected chi connectivity index (χ0v) is 12.5. The van der Waals surface area contributed by atoms with Crippen LogP contribution in [0.3, 0.4) is 0 Å². The molecule has 100 valence electrons. The summed E-state index contributed by atoms with van der Waals surface area (Å²) in [6, 6.07) is 5.54. The molecule has 0 aliphatic heterocycles. The van der Waals surface area contributed by atoms with Crippen LogP contribution in [0.15, 0.2) is 24.3 Å². The number of hydrogen-bond acceptors (Lipinski definition) is 3. The van der Waals surface area contributed by atoms with Crippen molar-refractivity contribution < 1.29 is 27.5 Å². The Morgan fingerprint density at radius 2 is 1.83 bits per heavy atom. The Balaban J connectivity index is -0.000000117. The molecule has 0 amide bonds. The quantitative estimate of drug-likeness (QED) is 0.596. The van der Waals surface area contributed by atoms with E-state index < -0.39 is 11.7 Å². The maximum Gasteiger partial charge on any atom is 2.00 e. The second kappa shape index (κ2) is 9.15. The van der Waals surface area contributed by atoms with Crippen LogP contribution in [0.25, 0.3) is 0 Å². The third-order valence-electron chi connectivity index (χ3n) is 1.89. The van der Waals surface area contributed by atoms with E-state index in [-0.39, 0.29) is 38.1 Å². The fraction of sp³-hybridized carbons (Fsp3) is 0.417. The van der Waals surface area contributed by atoms with Crippen LogP contribution in [0.4, 0.5) is 0 Å². The van der Waals surface area contributed by atoms with Gasteiger partial charge in [-0.05, 0) is 6.07 Å². The predicted octanol–water partition coefficient (Wildman–Crippen LogP) is -0.0125. The number of aliphatic hydroxyl groups excluding tert-OH is 1. The summed E-state index contributed by atoms with van der Waals surface area (Å²) in [6.07, 6.45) is 0. The topological polar surface area (TPSA) is 80.6 Å². The number of nitrogens with zero attached hydrogens (tertiary/aromatic N) is 1. The van der Waals surface area contributed by atoms with E-state index in [9.17, 15) is 9.90 Å². The molecule has 0 fully saturated rings. The monoisotopic (exact) mass is 267 g/mol. The van der Waals surface area contributed by atoms with Gasteiger partial charge in [-0.3, -0.25) is 0 Å². The third kappa shape index (κ3) is 9.23. The molecule has 0 radical (unpaired) electrons. The van der Waals surface area contributed by atoms with Gasteiger partial charge in [-0.1, -0.05) is 23.9 Å². The third-order valence-corrected chi connectivity index (χ3v) is 1.89. The number of benzene rings is 1. The Kier molecular flexibility index (Phi) is 9.92. The number of aliphatic hydroxyl groups is 1. The minimum atomic E-state index is -1.18. The summed E-state index contributed by atoms with van der Waals surface area (Å²) < 4.78 is 0.844. The van der Waals surface area contributed by atoms with E-state index in [0.717, 1.165) is 11.0 Å². The van der Waals surface area contributed by atoms with Crippen LogP contribution in [0.2, 0.25) is 0 Å². The van der Waals surface area contributed by atoms with E-state index in [0.29, 0.717) is 0 Å². The van der Waals surface area contributed by atoms with Crippen molar-refractivity contribution in [3.05, 3.63) is 29.8 Å². The minimum Gasteiger partial charge on any atom is -1.00 e. The zero-order chi connectivity index (χ0) is 13.5. The zero-order valence-electron chi connectivity index (χ0n) is 13.1. The van der Waals surface area contributed by atoms with Gasteiger partial charge in [-0.2, -0.15) is 0 Å². The van der Waals surface area contributed by atoms with Crippen molar-refractivity contribution in [2.75, 3.05) is 34.3 Å². The van der Waals surface area contributed by atoms with Gasteiger partial charge in [-0.15, -0.1) is 0 Å². The minimum absolute atomic E-state index is 0. The molecule has 0 heterocycles. The fourth-order valence-corrected chi connectivity index (χ4v) is 0.943. The largest absolute Gasteiger partial charge is 2.00 e. The molecular formula is C12H21MgNO4. The normalized spacial score (nSPS) is 9.78. The van der Waals surface area contributed by atoms with Crippen LogP contribution in [0.1, 0.15) is 13.2 Å². The van der Waals surface area contributed by atoms with Crippen LogP contribution >= 0.6 is 0 Å². The van der Waals surface area contributed by atoms with E-state index in [1.807, 2.05) is 0 Å². The van der Waals surface area contributed by atoms with Crippen molar-refractivity contribution in [1.29, 1.82) is 0 Å². The van der Waals surface area contributed by atoms with E-state index in [1.54, 1.807) is 0 Å². The van der Waals surface area contributed by atoms with Crippen molar-refractivity contribution in [1.82, 2.24) is 0 Å². The van der Waals surface area contributed by atoms with Gasteiger partial charge in [0.2, 0.25) is 0 Å². The Morgan fingerprint density at radius 1 is 1.33 bits per heavy atom. The average molecular weight is 268 g/mol. The molecule has 0 saturated heterocycles. The molecule has 0 unspecified atom stereocenters. The molecule has 1 rings (SSSR count). The molecule has 0 aromatic heterocycles. The number of carboxylic acids is 1. The number of hydrogen-bond donors (Lipinski definition) is 2. The van der Waals surface area contributed by atoms with Gasteiger partial charge in [0.25, 0.3) is 0 Å². The predicted molar refractivity (Wildman–Crippen MR) is 70.8 cm³/mol. The van der Waals surface area contributed by atoms with Crippen LogP contribution in [-0.2, 0) is 0 Å². The molecule has 0 spiro atoms. The second-order valence-electron chi connectivity index (χ2n) is 4.54. The van der Waals surface area contributed by atoms with Crippen molar-refractivity contribution in [2.45, 2.75) is 0 Å². The summed E-state index contributed by atoms with van der Waals surface area (Å²) in [4.78, 5) is 10.2. The van der Waals surface area contributed by atoms with Gasteiger partial charge in [0.05, 0.1) is 33.3 Å². The number of carboxylic acid groups (broad SMARTS) is 1. The van der Waals surface area contributed by atoms with Gasteiger partial charge in [-0.25, -0.2) is 4.79 Å².